The van der Waals surface area contributed by atoms with Gasteiger partial charge in [-0.1, -0.05) is 19.9 Å². The fourth-order valence-electron chi connectivity index (χ4n) is 8.82. The normalized spacial score (nSPS) is 50.9. The molecular formula is C24H35F3O3. The van der Waals surface area contributed by atoms with Gasteiger partial charge < -0.3 is 5.11 Å². The molecule has 0 aromatic rings. The summed E-state index contributed by atoms with van der Waals surface area (Å²) in [5.41, 5.74) is -0.555. The average Bonchev–Trinajstić information content (AvgIpc) is 2.99. The van der Waals surface area contributed by atoms with Gasteiger partial charge in [-0.3, -0.25) is 9.53 Å². The van der Waals surface area contributed by atoms with Crippen LogP contribution in [-0.2, 0) is 9.53 Å². The first kappa shape index (κ1) is 22.3. The van der Waals surface area contributed by atoms with Gasteiger partial charge in [0, 0.05) is 5.92 Å². The highest BCUT2D eigenvalue weighted by atomic mass is 19.4. The van der Waals surface area contributed by atoms with E-state index in [1.54, 1.807) is 6.92 Å². The zero-order chi connectivity index (χ0) is 22.1. The summed E-state index contributed by atoms with van der Waals surface area (Å²) in [6.07, 6.45) is 1.16. The molecule has 4 aliphatic carbocycles. The molecule has 0 aromatic carbocycles. The number of fused-ring (bicyclic) bond motifs is 5. The number of allylic oxidation sites excluding steroid dienone is 1. The molecule has 4 fully saturated rings. The van der Waals surface area contributed by atoms with Crippen LogP contribution in [0.4, 0.5) is 13.2 Å². The first-order chi connectivity index (χ1) is 13.9. The van der Waals surface area contributed by atoms with Crippen LogP contribution in [-0.4, -0.2) is 29.5 Å². The van der Waals surface area contributed by atoms with E-state index in [0.717, 1.165) is 38.5 Å². The van der Waals surface area contributed by atoms with Crippen molar-refractivity contribution in [2.24, 2.45) is 39.9 Å². The van der Waals surface area contributed by atoms with Crippen LogP contribution in [0.2, 0.25) is 0 Å². The lowest BCUT2D eigenvalue weighted by atomic mass is 9.38. The van der Waals surface area contributed by atoms with Gasteiger partial charge in [0.1, 0.15) is 5.78 Å². The van der Waals surface area contributed by atoms with E-state index < -0.39 is 18.6 Å². The molecule has 0 radical (unpaired) electrons. The third kappa shape index (κ3) is 3.11. The van der Waals surface area contributed by atoms with Gasteiger partial charge in [-0.25, -0.2) is 0 Å². The summed E-state index contributed by atoms with van der Waals surface area (Å²) in [4.78, 5) is 12.4. The summed E-state index contributed by atoms with van der Waals surface area (Å²) in [5, 5.41) is 10.4. The Morgan fingerprint density at radius 2 is 1.77 bits per heavy atom. The maximum atomic E-state index is 13.0. The van der Waals surface area contributed by atoms with Crippen LogP contribution in [0.3, 0.4) is 0 Å². The number of Topliss-reactive ketones (excluding diaryl/α,β-unsaturated/α-hetero) is 1. The van der Waals surface area contributed by atoms with Crippen molar-refractivity contribution in [3.63, 3.8) is 0 Å². The molecule has 3 unspecified atom stereocenters. The average molecular weight is 429 g/mol. The molecule has 9 atom stereocenters. The fourth-order valence-corrected chi connectivity index (χ4v) is 8.82. The minimum Gasteiger partial charge on any atom is -0.390 e. The molecule has 0 saturated heterocycles. The van der Waals surface area contributed by atoms with E-state index in [9.17, 15) is 23.1 Å². The number of carbonyl (C=O) groups is 1. The Bertz CT molecular complexity index is 721. The van der Waals surface area contributed by atoms with E-state index >= 15 is 0 Å². The van der Waals surface area contributed by atoms with Crippen LogP contribution < -0.4 is 0 Å². The van der Waals surface area contributed by atoms with Crippen LogP contribution in [0.1, 0.15) is 72.1 Å². The molecule has 0 aliphatic heterocycles. The number of ether oxygens (including phenoxy) is 1. The second-order valence-corrected chi connectivity index (χ2v) is 11.1. The van der Waals surface area contributed by atoms with Gasteiger partial charge in [-0.2, -0.15) is 0 Å². The van der Waals surface area contributed by atoms with Crippen LogP contribution in [0, 0.1) is 39.9 Å². The van der Waals surface area contributed by atoms with E-state index in [1.807, 2.05) is 0 Å². The lowest BCUT2D eigenvalue weighted by Crippen LogP contribution is -2.61. The third-order valence-corrected chi connectivity index (χ3v) is 10.0. The molecule has 6 heteroatoms. The largest absolute Gasteiger partial charge is 0.522 e. The molecule has 0 aromatic heterocycles. The maximum absolute atomic E-state index is 13.0. The van der Waals surface area contributed by atoms with Crippen molar-refractivity contribution < 1.29 is 27.8 Å². The summed E-state index contributed by atoms with van der Waals surface area (Å²) in [5.74, 6) is 1.06. The smallest absolute Gasteiger partial charge is 0.390 e. The number of halogens is 3. The summed E-state index contributed by atoms with van der Waals surface area (Å²) < 4.78 is 43.4. The van der Waals surface area contributed by atoms with E-state index in [0.29, 0.717) is 12.3 Å². The van der Waals surface area contributed by atoms with Crippen molar-refractivity contribution in [3.8, 4) is 0 Å². The molecule has 4 aliphatic rings. The predicted molar refractivity (Wildman–Crippen MR) is 107 cm³/mol. The van der Waals surface area contributed by atoms with Crippen molar-refractivity contribution >= 4 is 5.78 Å². The van der Waals surface area contributed by atoms with Crippen LogP contribution in [0.5, 0.6) is 0 Å². The lowest BCUT2D eigenvalue weighted by molar-refractivity contribution is -0.362. The van der Waals surface area contributed by atoms with Crippen molar-refractivity contribution in [2.45, 2.75) is 90.7 Å². The zero-order valence-electron chi connectivity index (χ0n) is 18.3. The molecule has 0 amide bonds. The summed E-state index contributed by atoms with van der Waals surface area (Å²) >= 11 is 0. The highest BCUT2D eigenvalue weighted by molar-refractivity contribution is 5.79. The number of ketones is 1. The minimum atomic E-state index is -4.75. The highest BCUT2D eigenvalue weighted by Gasteiger charge is 2.67. The molecule has 3 nitrogen and oxygen atoms in total. The van der Waals surface area contributed by atoms with E-state index in [1.165, 1.54) is 0 Å². The van der Waals surface area contributed by atoms with Crippen molar-refractivity contribution in [1.29, 1.82) is 0 Å². The minimum absolute atomic E-state index is 0.0598. The maximum Gasteiger partial charge on any atom is 0.522 e. The van der Waals surface area contributed by atoms with E-state index in [2.05, 4.69) is 31.2 Å². The van der Waals surface area contributed by atoms with Gasteiger partial charge in [0.25, 0.3) is 0 Å². The number of alkyl halides is 3. The second-order valence-electron chi connectivity index (χ2n) is 11.1. The summed E-state index contributed by atoms with van der Waals surface area (Å²) in [7, 11) is 0. The molecule has 0 heterocycles. The van der Waals surface area contributed by atoms with Crippen molar-refractivity contribution in [2.75, 3.05) is 0 Å². The quantitative estimate of drug-likeness (QED) is 0.590. The topological polar surface area (TPSA) is 46.5 Å². The molecule has 4 rings (SSSR count). The standard InChI is InChI=1S/C24H35F3O3/c1-5-23-11-8-15-12-17(29)18(30-24(25,26)27)13-22(15,4)20(23)9-10-21(3)16(14(2)28)6-7-19(21)23/h5,15-20,29H,1,6-13H2,2-4H3/t15?,16-,17+,18+,19?,20?,21-,22+,23+/m1/s1. The van der Waals surface area contributed by atoms with E-state index in [-0.39, 0.29) is 46.2 Å². The van der Waals surface area contributed by atoms with Gasteiger partial charge >= 0.3 is 6.36 Å². The third-order valence-electron chi connectivity index (χ3n) is 10.0. The second kappa shape index (κ2) is 7.06. The van der Waals surface area contributed by atoms with Crippen molar-refractivity contribution in [3.05, 3.63) is 12.7 Å². The van der Waals surface area contributed by atoms with Crippen LogP contribution in [0.15, 0.2) is 12.7 Å². The number of hydrogen-bond acceptors (Lipinski definition) is 3. The number of hydrogen-bond donors (Lipinski definition) is 1. The number of carbonyl (C=O) groups excluding carboxylic acids is 1. The molecule has 0 spiro atoms. The van der Waals surface area contributed by atoms with Gasteiger partial charge in [0.2, 0.25) is 0 Å². The van der Waals surface area contributed by atoms with Gasteiger partial charge in [-0.15, -0.1) is 19.8 Å². The molecule has 4 saturated carbocycles. The lowest BCUT2D eigenvalue weighted by Gasteiger charge is -2.66. The SMILES string of the molecule is C=C[C@@]12CCC3C[C@H](O)[C@@H](OC(F)(F)F)C[C@]3(C)C1CC[C@@]1(C)C2CC[C@@H]1C(C)=O. The summed E-state index contributed by atoms with van der Waals surface area (Å²) in [6, 6.07) is 0. The Morgan fingerprint density at radius 1 is 1.10 bits per heavy atom. The fraction of sp³-hybridized carbons (Fsp3) is 0.875. The molecule has 0 bridgehead atoms. The Kier molecular flexibility index (Phi) is 5.25. The Hall–Kier alpha value is -0.880. The number of aliphatic hydroxyl groups excluding tert-OH is 1. The van der Waals surface area contributed by atoms with Crippen molar-refractivity contribution in [1.82, 2.24) is 0 Å². The van der Waals surface area contributed by atoms with Gasteiger partial charge in [-0.05, 0) is 92.3 Å². The van der Waals surface area contributed by atoms with Crippen LogP contribution >= 0.6 is 0 Å². The number of aliphatic hydroxyl groups is 1. The Balaban J connectivity index is 1.69. The number of rotatable bonds is 3. The first-order valence-electron chi connectivity index (χ1n) is 11.4. The first-order valence-corrected chi connectivity index (χ1v) is 11.4. The molecule has 30 heavy (non-hydrogen) atoms. The monoisotopic (exact) mass is 428 g/mol. The molecule has 1 N–H and O–H groups in total. The van der Waals surface area contributed by atoms with Gasteiger partial charge in [0.05, 0.1) is 12.2 Å². The van der Waals surface area contributed by atoms with E-state index in [4.69, 9.17) is 0 Å². The predicted octanol–water partition coefficient (Wildman–Crippen LogP) is 5.67. The summed E-state index contributed by atoms with van der Waals surface area (Å²) in [6.45, 7) is 10.3. The van der Waals surface area contributed by atoms with Crippen LogP contribution in [0.25, 0.3) is 0 Å². The molecular weight excluding hydrogens is 393 g/mol. The Morgan fingerprint density at radius 3 is 2.37 bits per heavy atom. The zero-order valence-corrected chi connectivity index (χ0v) is 18.3. The van der Waals surface area contributed by atoms with Gasteiger partial charge in [0.15, 0.2) is 0 Å². The highest BCUT2D eigenvalue weighted by Crippen LogP contribution is 2.73. The molecule has 170 valence electrons. The Labute approximate surface area is 177 Å².